The standard InChI is InChI=1S/C16H28N4O/c1-5-16(3,20-8-10-21-11-9-20)14(18-4)13-12(2)6-7-19-15(13)17/h6-7,14,18H,5,8-11H2,1-4H3,(H2,17,19). The van der Waals surface area contributed by atoms with E-state index in [1.807, 2.05) is 13.1 Å². The van der Waals surface area contributed by atoms with E-state index in [4.69, 9.17) is 10.5 Å². The fraction of sp³-hybridized carbons (Fsp3) is 0.688. The molecule has 0 amide bonds. The van der Waals surface area contributed by atoms with Crippen molar-refractivity contribution < 1.29 is 4.74 Å². The summed E-state index contributed by atoms with van der Waals surface area (Å²) >= 11 is 0. The number of aryl methyl sites for hydroxylation is 1. The summed E-state index contributed by atoms with van der Waals surface area (Å²) in [7, 11) is 2.00. The van der Waals surface area contributed by atoms with Gasteiger partial charge in [-0.05, 0) is 38.9 Å². The van der Waals surface area contributed by atoms with E-state index in [2.05, 4.69) is 36.0 Å². The number of rotatable bonds is 5. The third-order valence-corrected chi connectivity index (χ3v) is 4.89. The summed E-state index contributed by atoms with van der Waals surface area (Å²) < 4.78 is 5.51. The third kappa shape index (κ3) is 3.05. The van der Waals surface area contributed by atoms with Crippen LogP contribution in [0.15, 0.2) is 12.3 Å². The van der Waals surface area contributed by atoms with E-state index in [0.29, 0.717) is 5.82 Å². The fourth-order valence-corrected chi connectivity index (χ4v) is 3.42. The second-order valence-corrected chi connectivity index (χ2v) is 5.96. The Morgan fingerprint density at radius 3 is 2.67 bits per heavy atom. The largest absolute Gasteiger partial charge is 0.383 e. The summed E-state index contributed by atoms with van der Waals surface area (Å²) in [6, 6.07) is 2.18. The number of pyridine rings is 1. The summed E-state index contributed by atoms with van der Waals surface area (Å²) in [4.78, 5) is 6.81. The molecule has 1 fully saturated rings. The smallest absolute Gasteiger partial charge is 0.128 e. The van der Waals surface area contributed by atoms with E-state index in [1.54, 1.807) is 6.20 Å². The van der Waals surface area contributed by atoms with Crippen molar-refractivity contribution in [2.75, 3.05) is 39.1 Å². The van der Waals surface area contributed by atoms with Gasteiger partial charge in [-0.25, -0.2) is 4.98 Å². The first-order chi connectivity index (χ1) is 10.0. The van der Waals surface area contributed by atoms with Crippen LogP contribution >= 0.6 is 0 Å². The normalized spacial score (nSPS) is 21.0. The minimum absolute atomic E-state index is 0.0134. The van der Waals surface area contributed by atoms with E-state index in [-0.39, 0.29) is 11.6 Å². The zero-order chi connectivity index (χ0) is 15.5. The first-order valence-electron chi connectivity index (χ1n) is 7.75. The van der Waals surface area contributed by atoms with Crippen LogP contribution in [0, 0.1) is 6.92 Å². The van der Waals surface area contributed by atoms with Crippen molar-refractivity contribution in [1.29, 1.82) is 0 Å². The molecule has 2 rings (SSSR count). The summed E-state index contributed by atoms with van der Waals surface area (Å²) in [5.74, 6) is 0.627. The Balaban J connectivity index is 2.41. The van der Waals surface area contributed by atoms with E-state index in [0.717, 1.165) is 38.3 Å². The van der Waals surface area contributed by atoms with E-state index in [9.17, 15) is 0 Å². The van der Waals surface area contributed by atoms with Crippen molar-refractivity contribution in [1.82, 2.24) is 15.2 Å². The lowest BCUT2D eigenvalue weighted by atomic mass is 9.81. The Morgan fingerprint density at radius 1 is 1.48 bits per heavy atom. The number of morpholine rings is 1. The van der Waals surface area contributed by atoms with Gasteiger partial charge in [0.05, 0.1) is 19.3 Å². The van der Waals surface area contributed by atoms with Gasteiger partial charge in [-0.15, -0.1) is 0 Å². The van der Waals surface area contributed by atoms with E-state index >= 15 is 0 Å². The Morgan fingerprint density at radius 2 is 2.14 bits per heavy atom. The number of hydrogen-bond donors (Lipinski definition) is 2. The number of nitrogens with zero attached hydrogens (tertiary/aromatic N) is 2. The molecule has 1 aromatic rings. The predicted octanol–water partition coefficient (Wildman–Crippen LogP) is 1.73. The lowest BCUT2D eigenvalue weighted by Gasteiger charge is -2.48. The van der Waals surface area contributed by atoms with Crippen molar-refractivity contribution in [3.05, 3.63) is 23.4 Å². The lowest BCUT2D eigenvalue weighted by Crippen LogP contribution is -2.57. The predicted molar refractivity (Wildman–Crippen MR) is 86.3 cm³/mol. The number of likely N-dealkylation sites (N-methyl/N-ethyl adjacent to an activating group) is 1. The molecule has 5 nitrogen and oxygen atoms in total. The van der Waals surface area contributed by atoms with Crippen molar-refractivity contribution in [3.8, 4) is 0 Å². The molecule has 0 aromatic carbocycles. The van der Waals surface area contributed by atoms with Crippen LogP contribution in [-0.2, 0) is 4.74 Å². The van der Waals surface area contributed by atoms with Crippen molar-refractivity contribution in [3.63, 3.8) is 0 Å². The molecule has 5 heteroatoms. The number of aromatic nitrogens is 1. The molecule has 2 atom stereocenters. The van der Waals surface area contributed by atoms with Crippen LogP contribution in [0.1, 0.15) is 37.4 Å². The molecule has 1 aliphatic heterocycles. The molecule has 118 valence electrons. The van der Waals surface area contributed by atoms with Crippen LogP contribution in [-0.4, -0.2) is 48.8 Å². The molecule has 1 aromatic heterocycles. The summed E-state index contributed by atoms with van der Waals surface area (Å²) in [5.41, 5.74) is 8.48. The molecule has 0 radical (unpaired) electrons. The Labute approximate surface area is 127 Å². The van der Waals surface area contributed by atoms with Crippen LogP contribution in [0.4, 0.5) is 5.82 Å². The Kier molecular flexibility index (Phi) is 5.19. The van der Waals surface area contributed by atoms with E-state index in [1.165, 1.54) is 5.56 Å². The number of anilines is 1. The minimum Gasteiger partial charge on any atom is -0.383 e. The van der Waals surface area contributed by atoms with Gasteiger partial charge in [-0.2, -0.15) is 0 Å². The van der Waals surface area contributed by atoms with Gasteiger partial charge in [0, 0.05) is 30.4 Å². The van der Waals surface area contributed by atoms with Crippen LogP contribution in [0.2, 0.25) is 0 Å². The number of nitrogen functional groups attached to an aromatic ring is 1. The van der Waals surface area contributed by atoms with Crippen LogP contribution in [0.3, 0.4) is 0 Å². The van der Waals surface area contributed by atoms with Gasteiger partial charge in [-0.3, -0.25) is 4.90 Å². The van der Waals surface area contributed by atoms with Gasteiger partial charge in [0.25, 0.3) is 0 Å². The molecule has 3 N–H and O–H groups in total. The van der Waals surface area contributed by atoms with Gasteiger partial charge >= 0.3 is 0 Å². The van der Waals surface area contributed by atoms with Crippen LogP contribution < -0.4 is 11.1 Å². The highest BCUT2D eigenvalue weighted by Gasteiger charge is 2.40. The monoisotopic (exact) mass is 292 g/mol. The quantitative estimate of drug-likeness (QED) is 0.865. The maximum absolute atomic E-state index is 6.18. The maximum Gasteiger partial charge on any atom is 0.128 e. The van der Waals surface area contributed by atoms with Crippen molar-refractivity contribution >= 4 is 5.82 Å². The lowest BCUT2D eigenvalue weighted by molar-refractivity contribution is -0.0319. The highest BCUT2D eigenvalue weighted by Crippen LogP contribution is 2.37. The summed E-state index contributed by atoms with van der Waals surface area (Å²) in [6.07, 6.45) is 2.81. The SMILES string of the molecule is CCC(C)(C(NC)c1c(C)ccnc1N)N1CCOCC1. The Hall–Kier alpha value is -1.17. The highest BCUT2D eigenvalue weighted by molar-refractivity contribution is 5.47. The second kappa shape index (κ2) is 6.73. The molecule has 0 spiro atoms. The van der Waals surface area contributed by atoms with Gasteiger partial charge < -0.3 is 15.8 Å². The van der Waals surface area contributed by atoms with Gasteiger partial charge in [-0.1, -0.05) is 6.92 Å². The molecule has 0 saturated carbocycles. The molecule has 2 heterocycles. The molecule has 0 bridgehead atoms. The first-order valence-corrected chi connectivity index (χ1v) is 7.75. The first kappa shape index (κ1) is 16.2. The number of nitrogens with two attached hydrogens (primary N) is 1. The zero-order valence-electron chi connectivity index (χ0n) is 13.6. The van der Waals surface area contributed by atoms with Gasteiger partial charge in [0.15, 0.2) is 0 Å². The third-order valence-electron chi connectivity index (χ3n) is 4.89. The number of hydrogen-bond acceptors (Lipinski definition) is 5. The minimum atomic E-state index is -0.0134. The zero-order valence-corrected chi connectivity index (χ0v) is 13.6. The van der Waals surface area contributed by atoms with E-state index < -0.39 is 0 Å². The van der Waals surface area contributed by atoms with Crippen LogP contribution in [0.25, 0.3) is 0 Å². The maximum atomic E-state index is 6.18. The number of nitrogens with one attached hydrogen (secondary N) is 1. The average Bonchev–Trinajstić information content (AvgIpc) is 2.51. The molecule has 2 unspecified atom stereocenters. The Bertz CT molecular complexity index is 453. The molecular formula is C16H28N4O. The molecule has 21 heavy (non-hydrogen) atoms. The molecule has 0 aliphatic carbocycles. The topological polar surface area (TPSA) is 63.4 Å². The van der Waals surface area contributed by atoms with Crippen molar-refractivity contribution in [2.24, 2.45) is 0 Å². The molecule has 1 aliphatic rings. The molecular weight excluding hydrogens is 264 g/mol. The summed E-state index contributed by atoms with van der Waals surface area (Å²) in [6.45, 7) is 10.2. The summed E-state index contributed by atoms with van der Waals surface area (Å²) in [5, 5.41) is 3.49. The second-order valence-electron chi connectivity index (χ2n) is 5.96. The highest BCUT2D eigenvalue weighted by atomic mass is 16.5. The van der Waals surface area contributed by atoms with Crippen LogP contribution in [0.5, 0.6) is 0 Å². The number of ether oxygens (including phenoxy) is 1. The van der Waals surface area contributed by atoms with Crippen molar-refractivity contribution in [2.45, 2.75) is 38.8 Å². The van der Waals surface area contributed by atoms with Gasteiger partial charge in [0.1, 0.15) is 5.82 Å². The fourth-order valence-electron chi connectivity index (χ4n) is 3.42. The average molecular weight is 292 g/mol. The molecule has 1 saturated heterocycles. The van der Waals surface area contributed by atoms with Gasteiger partial charge in [0.2, 0.25) is 0 Å².